The summed E-state index contributed by atoms with van der Waals surface area (Å²) >= 11 is 5.48. The van der Waals surface area contributed by atoms with Crippen molar-refractivity contribution < 1.29 is 0 Å². The minimum Gasteiger partial charge on any atom is -0.192 e. The zero-order valence-corrected chi connectivity index (χ0v) is 13.4. The van der Waals surface area contributed by atoms with Crippen LogP contribution in [0.2, 0.25) is 0 Å². The first-order valence-electron chi connectivity index (χ1n) is 7.10. The fourth-order valence-corrected chi connectivity index (χ4v) is 5.97. The number of benzene rings is 1. The van der Waals surface area contributed by atoms with Gasteiger partial charge in [0.05, 0.1) is 5.56 Å². The van der Waals surface area contributed by atoms with Crippen molar-refractivity contribution in [1.29, 1.82) is 5.26 Å². The monoisotopic (exact) mass is 335 g/mol. The van der Waals surface area contributed by atoms with Crippen LogP contribution in [0.5, 0.6) is 0 Å². The summed E-state index contributed by atoms with van der Waals surface area (Å²) in [6.45, 7) is 0. The van der Waals surface area contributed by atoms with Gasteiger partial charge < -0.3 is 0 Å². The predicted octanol–water partition coefficient (Wildman–Crippen LogP) is 5.53. The average Bonchev–Trinajstić information content (AvgIpc) is 2.39. The Bertz CT molecular complexity index is 510. The van der Waals surface area contributed by atoms with Crippen molar-refractivity contribution in [3.05, 3.63) is 28.2 Å². The van der Waals surface area contributed by atoms with Gasteiger partial charge in [-0.15, -0.1) is 11.8 Å². The summed E-state index contributed by atoms with van der Waals surface area (Å²) in [4.78, 5) is 1.17. The molecule has 0 N–H and O–H groups in total. The van der Waals surface area contributed by atoms with Crippen molar-refractivity contribution in [2.75, 3.05) is 0 Å². The number of rotatable bonds is 2. The largest absolute Gasteiger partial charge is 0.192 e. The lowest BCUT2D eigenvalue weighted by molar-refractivity contribution is 0.217. The van der Waals surface area contributed by atoms with Crippen LogP contribution in [0, 0.1) is 17.2 Å². The van der Waals surface area contributed by atoms with Crippen molar-refractivity contribution in [3.8, 4) is 6.07 Å². The summed E-state index contributed by atoms with van der Waals surface area (Å²) in [7, 11) is 0. The van der Waals surface area contributed by atoms with Crippen LogP contribution in [0.15, 0.2) is 27.6 Å². The molecule has 3 rings (SSSR count). The average molecular weight is 336 g/mol. The lowest BCUT2D eigenvalue weighted by Gasteiger charge is -2.45. The number of fused-ring (bicyclic) bond motifs is 2. The number of halogens is 1. The van der Waals surface area contributed by atoms with Crippen LogP contribution < -0.4 is 0 Å². The van der Waals surface area contributed by atoms with Gasteiger partial charge in [-0.1, -0.05) is 31.7 Å². The van der Waals surface area contributed by atoms with Crippen LogP contribution in [0.1, 0.15) is 50.5 Å². The molecular formula is C16H18BrNS. The van der Waals surface area contributed by atoms with E-state index in [1.165, 1.54) is 49.8 Å². The van der Waals surface area contributed by atoms with Crippen LogP contribution >= 0.6 is 27.7 Å². The van der Waals surface area contributed by atoms with Crippen molar-refractivity contribution >= 4 is 27.7 Å². The van der Waals surface area contributed by atoms with E-state index in [2.05, 4.69) is 28.1 Å². The highest BCUT2D eigenvalue weighted by atomic mass is 79.9. The van der Waals surface area contributed by atoms with E-state index < -0.39 is 0 Å². The number of nitriles is 1. The molecule has 1 nitrogen and oxygen atoms in total. The molecule has 1 aromatic rings. The lowest BCUT2D eigenvalue weighted by Crippen LogP contribution is -2.35. The molecule has 2 saturated carbocycles. The first-order chi connectivity index (χ1) is 9.22. The van der Waals surface area contributed by atoms with Crippen molar-refractivity contribution in [2.45, 2.75) is 54.6 Å². The summed E-state index contributed by atoms with van der Waals surface area (Å²) in [5.41, 5.74) is 0.814. The number of thioether (sulfide) groups is 1. The molecule has 3 heteroatoms. The third kappa shape index (κ3) is 2.71. The highest BCUT2D eigenvalue weighted by molar-refractivity contribution is 9.10. The number of nitrogens with zero attached hydrogens (tertiary/aromatic N) is 1. The predicted molar refractivity (Wildman–Crippen MR) is 83.3 cm³/mol. The van der Waals surface area contributed by atoms with Gasteiger partial charge >= 0.3 is 0 Å². The topological polar surface area (TPSA) is 23.8 Å². The Morgan fingerprint density at radius 1 is 1.26 bits per heavy atom. The van der Waals surface area contributed by atoms with E-state index in [-0.39, 0.29) is 0 Å². The molecule has 0 saturated heterocycles. The Labute approximate surface area is 127 Å². The van der Waals surface area contributed by atoms with E-state index in [0.717, 1.165) is 16.0 Å². The van der Waals surface area contributed by atoms with Crippen LogP contribution in [-0.2, 0) is 0 Å². The maximum atomic E-state index is 9.36. The van der Waals surface area contributed by atoms with E-state index in [9.17, 15) is 5.26 Å². The van der Waals surface area contributed by atoms with Crippen LogP contribution in [0.3, 0.4) is 0 Å². The molecule has 19 heavy (non-hydrogen) atoms. The highest BCUT2D eigenvalue weighted by Crippen LogP contribution is 2.53. The van der Waals surface area contributed by atoms with Gasteiger partial charge in [0.1, 0.15) is 6.07 Å². The Hall–Kier alpha value is -0.460. The summed E-state index contributed by atoms with van der Waals surface area (Å²) < 4.78 is 1.34. The first-order valence-corrected chi connectivity index (χ1v) is 8.71. The van der Waals surface area contributed by atoms with Crippen LogP contribution in [0.4, 0.5) is 0 Å². The van der Waals surface area contributed by atoms with Gasteiger partial charge in [-0.2, -0.15) is 5.26 Å². The Balaban J connectivity index is 1.88. The highest BCUT2D eigenvalue weighted by Gasteiger charge is 2.40. The molecule has 1 aromatic carbocycles. The third-order valence-electron chi connectivity index (χ3n) is 4.56. The quantitative estimate of drug-likeness (QED) is 0.709. The zero-order chi connectivity index (χ0) is 13.3. The second-order valence-electron chi connectivity index (χ2n) is 5.86. The van der Waals surface area contributed by atoms with Gasteiger partial charge in [0, 0.05) is 14.1 Å². The smallest absolute Gasteiger partial charge is 0.101 e. The minimum atomic E-state index is 0.410. The maximum Gasteiger partial charge on any atom is 0.101 e. The molecule has 0 amide bonds. The summed E-state index contributed by atoms with van der Waals surface area (Å²) in [6, 6.07) is 8.48. The molecule has 0 heterocycles. The zero-order valence-electron chi connectivity index (χ0n) is 11.0. The Morgan fingerprint density at radius 3 is 2.68 bits per heavy atom. The molecule has 0 atom stereocenters. The molecule has 2 aliphatic carbocycles. The fraction of sp³-hybridized carbons (Fsp3) is 0.562. The van der Waals surface area contributed by atoms with E-state index in [1.54, 1.807) is 0 Å². The van der Waals surface area contributed by atoms with Crippen LogP contribution in [-0.4, -0.2) is 4.75 Å². The van der Waals surface area contributed by atoms with Gasteiger partial charge in [-0.3, -0.25) is 0 Å². The second-order valence-corrected chi connectivity index (χ2v) is 8.23. The minimum absolute atomic E-state index is 0.410. The van der Waals surface area contributed by atoms with Crippen LogP contribution in [0.25, 0.3) is 0 Å². The van der Waals surface area contributed by atoms with Gasteiger partial charge in [0.2, 0.25) is 0 Å². The molecule has 0 spiro atoms. The van der Waals surface area contributed by atoms with Crippen molar-refractivity contribution in [3.63, 3.8) is 0 Å². The molecule has 100 valence electrons. The molecular weight excluding hydrogens is 318 g/mol. The first kappa shape index (κ1) is 13.5. The normalized spacial score (nSPS) is 29.8. The summed E-state index contributed by atoms with van der Waals surface area (Å²) in [6.07, 6.45) is 9.59. The summed E-state index contributed by atoms with van der Waals surface area (Å²) in [5.74, 6) is 0.938. The standard InChI is InChI=1S/C16H18BrNS/c17-14-6-1-7-15(13(14)11-18)19-16-8-2-4-12(10-16)5-3-9-16/h1,6-7,12H,2-5,8-10H2. The maximum absolute atomic E-state index is 9.36. The fourth-order valence-electron chi connectivity index (χ4n) is 3.70. The van der Waals surface area contributed by atoms with Gasteiger partial charge in [0.25, 0.3) is 0 Å². The van der Waals surface area contributed by atoms with E-state index >= 15 is 0 Å². The van der Waals surface area contributed by atoms with E-state index in [0.29, 0.717) is 4.75 Å². The molecule has 0 aliphatic heterocycles. The Kier molecular flexibility index (Phi) is 3.91. The van der Waals surface area contributed by atoms with Crippen molar-refractivity contribution in [2.24, 2.45) is 5.92 Å². The van der Waals surface area contributed by atoms with E-state index in [1.807, 2.05) is 23.9 Å². The molecule has 2 aliphatic rings. The Morgan fingerprint density at radius 2 is 2.00 bits per heavy atom. The van der Waals surface area contributed by atoms with Gasteiger partial charge in [-0.25, -0.2) is 0 Å². The van der Waals surface area contributed by atoms with Gasteiger partial charge in [-0.05, 0) is 53.2 Å². The SMILES string of the molecule is N#Cc1c(Br)cccc1SC12CCCC(CCC1)C2. The molecule has 2 bridgehead atoms. The molecule has 0 aromatic heterocycles. The van der Waals surface area contributed by atoms with Crippen molar-refractivity contribution in [1.82, 2.24) is 0 Å². The molecule has 0 radical (unpaired) electrons. The number of hydrogen-bond acceptors (Lipinski definition) is 2. The lowest BCUT2D eigenvalue weighted by atomic mass is 9.72. The third-order valence-corrected chi connectivity index (χ3v) is 6.79. The summed E-state index contributed by atoms with van der Waals surface area (Å²) in [5, 5.41) is 9.36. The second kappa shape index (κ2) is 5.50. The van der Waals surface area contributed by atoms with Gasteiger partial charge in [0.15, 0.2) is 0 Å². The molecule has 2 fully saturated rings. The van der Waals surface area contributed by atoms with E-state index in [4.69, 9.17) is 0 Å². The number of hydrogen-bond donors (Lipinski definition) is 0. The molecule has 0 unspecified atom stereocenters.